The summed E-state index contributed by atoms with van der Waals surface area (Å²) in [5, 5.41) is 7.42. The highest BCUT2D eigenvalue weighted by Gasteiger charge is 2.05. The van der Waals surface area contributed by atoms with Gasteiger partial charge in [-0.25, -0.2) is 4.98 Å². The molecule has 1 heterocycles. The van der Waals surface area contributed by atoms with Crippen molar-refractivity contribution in [2.24, 2.45) is 4.99 Å². The summed E-state index contributed by atoms with van der Waals surface area (Å²) in [6, 6.07) is 0. The van der Waals surface area contributed by atoms with Crippen molar-refractivity contribution in [2.75, 3.05) is 20.2 Å². The van der Waals surface area contributed by atoms with Crippen LogP contribution in [0.15, 0.2) is 4.99 Å². The van der Waals surface area contributed by atoms with Gasteiger partial charge in [0.15, 0.2) is 5.96 Å². The van der Waals surface area contributed by atoms with Crippen molar-refractivity contribution in [3.05, 3.63) is 15.6 Å². The smallest absolute Gasteiger partial charge is 0.305 e. The molecule has 0 aliphatic carbocycles. The van der Waals surface area contributed by atoms with Gasteiger partial charge in [-0.1, -0.05) is 0 Å². The van der Waals surface area contributed by atoms with Crippen LogP contribution in [0.25, 0.3) is 0 Å². The first-order chi connectivity index (χ1) is 10.1. The molecule has 0 aliphatic rings. The molecule has 0 aliphatic heterocycles. The van der Waals surface area contributed by atoms with Gasteiger partial charge in [0.05, 0.1) is 18.8 Å². The molecule has 0 bridgehead atoms. The zero-order valence-corrected chi connectivity index (χ0v) is 16.7. The average Bonchev–Trinajstić information content (AvgIpc) is 2.77. The van der Waals surface area contributed by atoms with Crippen LogP contribution in [0.4, 0.5) is 0 Å². The van der Waals surface area contributed by atoms with Crippen LogP contribution >= 0.6 is 35.3 Å². The Hall–Kier alpha value is -0.900. The van der Waals surface area contributed by atoms with Gasteiger partial charge in [0.2, 0.25) is 0 Å². The lowest BCUT2D eigenvalue weighted by Crippen LogP contribution is -2.37. The number of rotatable bonds is 7. The molecule has 126 valence electrons. The molecule has 22 heavy (non-hydrogen) atoms. The molecule has 1 aromatic rings. The lowest BCUT2D eigenvalue weighted by atomic mass is 10.3. The number of nitrogens with one attached hydrogen (secondary N) is 2. The molecule has 0 spiro atoms. The monoisotopic (exact) mass is 440 g/mol. The normalized spacial score (nSPS) is 10.8. The van der Waals surface area contributed by atoms with Gasteiger partial charge >= 0.3 is 5.97 Å². The van der Waals surface area contributed by atoms with Gasteiger partial charge in [-0.05, 0) is 27.2 Å². The second-order valence-electron chi connectivity index (χ2n) is 4.51. The highest BCUT2D eigenvalue weighted by molar-refractivity contribution is 14.0. The molecule has 0 radical (unpaired) electrons. The fraction of sp³-hybridized carbons (Fsp3) is 0.643. The highest BCUT2D eigenvalue weighted by atomic mass is 127. The maximum absolute atomic E-state index is 11.2. The number of guanidine groups is 1. The van der Waals surface area contributed by atoms with Crippen LogP contribution in [-0.2, 0) is 16.1 Å². The van der Waals surface area contributed by atoms with Crippen molar-refractivity contribution in [1.82, 2.24) is 15.6 Å². The van der Waals surface area contributed by atoms with Crippen LogP contribution in [0.1, 0.15) is 35.3 Å². The van der Waals surface area contributed by atoms with E-state index in [2.05, 4.69) is 27.5 Å². The third kappa shape index (κ3) is 7.92. The lowest BCUT2D eigenvalue weighted by molar-refractivity contribution is -0.143. The zero-order chi connectivity index (χ0) is 15.7. The molecular weight excluding hydrogens is 415 g/mol. The van der Waals surface area contributed by atoms with Crippen molar-refractivity contribution in [3.63, 3.8) is 0 Å². The largest absolute Gasteiger partial charge is 0.466 e. The molecule has 0 saturated heterocycles. The van der Waals surface area contributed by atoms with E-state index in [1.807, 2.05) is 13.8 Å². The number of aliphatic imine (C=N–C) groups is 1. The fourth-order valence-electron chi connectivity index (χ4n) is 1.67. The summed E-state index contributed by atoms with van der Waals surface area (Å²) in [7, 11) is 1.72. The van der Waals surface area contributed by atoms with Gasteiger partial charge in [-0.3, -0.25) is 9.79 Å². The molecule has 0 fully saturated rings. The molecule has 8 heteroatoms. The minimum Gasteiger partial charge on any atom is -0.466 e. The molecule has 6 nitrogen and oxygen atoms in total. The first-order valence-corrected chi connectivity index (χ1v) is 7.91. The first kappa shape index (κ1) is 21.1. The Kier molecular flexibility index (Phi) is 11.2. The Morgan fingerprint density at radius 1 is 1.36 bits per heavy atom. The lowest BCUT2D eigenvalue weighted by Gasteiger charge is -2.10. The summed E-state index contributed by atoms with van der Waals surface area (Å²) < 4.78 is 4.87. The number of carbonyl (C=O) groups excluding carboxylic acids is 1. The van der Waals surface area contributed by atoms with E-state index in [4.69, 9.17) is 4.74 Å². The van der Waals surface area contributed by atoms with Crippen molar-refractivity contribution in [3.8, 4) is 0 Å². The zero-order valence-electron chi connectivity index (χ0n) is 13.6. The second kappa shape index (κ2) is 11.6. The summed E-state index contributed by atoms with van der Waals surface area (Å²) >= 11 is 1.69. The van der Waals surface area contributed by atoms with Crippen molar-refractivity contribution in [2.45, 2.75) is 40.2 Å². The third-order valence-corrected chi connectivity index (χ3v) is 3.93. The van der Waals surface area contributed by atoms with Crippen molar-refractivity contribution >= 4 is 47.2 Å². The number of carbonyl (C=O) groups is 1. The number of esters is 1. The number of aryl methyl sites for hydroxylation is 2. The molecule has 1 rings (SSSR count). The molecule has 0 aromatic carbocycles. The number of ether oxygens (including phenoxy) is 1. The minimum atomic E-state index is -0.156. The van der Waals surface area contributed by atoms with Gasteiger partial charge in [0.1, 0.15) is 5.01 Å². The summed E-state index contributed by atoms with van der Waals surface area (Å²) in [6.45, 7) is 7.65. The van der Waals surface area contributed by atoms with E-state index < -0.39 is 0 Å². The van der Waals surface area contributed by atoms with Crippen LogP contribution in [0.3, 0.4) is 0 Å². The summed E-state index contributed by atoms with van der Waals surface area (Å²) in [6.07, 6.45) is 1.14. The molecule has 2 N–H and O–H groups in total. The van der Waals surface area contributed by atoms with E-state index >= 15 is 0 Å². The third-order valence-electron chi connectivity index (χ3n) is 2.86. The van der Waals surface area contributed by atoms with Gasteiger partial charge in [-0.2, -0.15) is 0 Å². The van der Waals surface area contributed by atoms with Gasteiger partial charge in [-0.15, -0.1) is 35.3 Å². The van der Waals surface area contributed by atoms with Crippen LogP contribution in [0.2, 0.25) is 0 Å². The highest BCUT2D eigenvalue weighted by Crippen LogP contribution is 2.15. The van der Waals surface area contributed by atoms with Crippen molar-refractivity contribution in [1.29, 1.82) is 0 Å². The second-order valence-corrected chi connectivity index (χ2v) is 5.80. The van der Waals surface area contributed by atoms with Crippen LogP contribution in [-0.4, -0.2) is 37.1 Å². The Balaban J connectivity index is 0.00000441. The van der Waals surface area contributed by atoms with Crippen LogP contribution in [0, 0.1) is 13.8 Å². The van der Waals surface area contributed by atoms with Crippen LogP contribution in [0.5, 0.6) is 0 Å². The molecule has 0 unspecified atom stereocenters. The summed E-state index contributed by atoms with van der Waals surface area (Å²) in [5.41, 5.74) is 1.08. The first-order valence-electron chi connectivity index (χ1n) is 7.09. The van der Waals surface area contributed by atoms with Crippen LogP contribution < -0.4 is 10.6 Å². The van der Waals surface area contributed by atoms with E-state index in [9.17, 15) is 4.79 Å². The number of thiazole rings is 1. The van der Waals surface area contributed by atoms with E-state index in [0.717, 1.165) is 17.1 Å². The minimum absolute atomic E-state index is 0. The molecular formula is C14H25IN4O2S. The number of nitrogens with zero attached hydrogens (tertiary/aromatic N) is 2. The van der Waals surface area contributed by atoms with E-state index in [1.54, 1.807) is 18.4 Å². The van der Waals surface area contributed by atoms with Gasteiger partial charge in [0, 0.05) is 24.9 Å². The standard InChI is InChI=1S/C14H24N4O2S.HI/c1-5-20-13(19)7-6-8-16-14(15-4)17-9-12-18-10(2)11(3)21-12;/h5-9H2,1-4H3,(H2,15,16,17);1H. The Morgan fingerprint density at radius 2 is 2.09 bits per heavy atom. The quantitative estimate of drug-likeness (QED) is 0.224. The SMILES string of the molecule is CCOC(=O)CCCNC(=NC)NCc1nc(C)c(C)s1.I. The fourth-order valence-corrected chi connectivity index (χ4v) is 2.54. The number of halogens is 1. The Morgan fingerprint density at radius 3 is 2.64 bits per heavy atom. The maximum Gasteiger partial charge on any atom is 0.305 e. The Bertz CT molecular complexity index is 472. The molecule has 1 aromatic heterocycles. The topological polar surface area (TPSA) is 75.6 Å². The maximum atomic E-state index is 11.2. The number of hydrogen-bond acceptors (Lipinski definition) is 5. The predicted octanol–water partition coefficient (Wildman–Crippen LogP) is 2.39. The molecule has 0 atom stereocenters. The van der Waals surface area contributed by atoms with E-state index in [-0.39, 0.29) is 29.9 Å². The van der Waals surface area contributed by atoms with Gasteiger partial charge < -0.3 is 15.4 Å². The number of hydrogen-bond donors (Lipinski definition) is 2. The van der Waals surface area contributed by atoms with E-state index in [1.165, 1.54) is 4.88 Å². The molecule has 0 amide bonds. The predicted molar refractivity (Wildman–Crippen MR) is 101 cm³/mol. The van der Waals surface area contributed by atoms with E-state index in [0.29, 0.717) is 32.1 Å². The molecule has 0 saturated carbocycles. The Labute approximate surface area is 153 Å². The average molecular weight is 440 g/mol. The van der Waals surface area contributed by atoms with Crippen molar-refractivity contribution < 1.29 is 9.53 Å². The summed E-state index contributed by atoms with van der Waals surface area (Å²) in [4.78, 5) is 21.0. The number of aromatic nitrogens is 1. The van der Waals surface area contributed by atoms with Gasteiger partial charge in [0.25, 0.3) is 0 Å². The summed E-state index contributed by atoms with van der Waals surface area (Å²) in [5.74, 6) is 0.556.